The number of hydrogen-bond acceptors (Lipinski definition) is 2. The predicted octanol–water partition coefficient (Wildman–Crippen LogP) is 2.60. The number of rotatable bonds is 3. The molecule has 76 valence electrons. The monoisotopic (exact) mass is 194 g/mol. The Balaban J connectivity index is 3.12. The normalized spacial score (nSPS) is 12.4. The maximum Gasteiger partial charge on any atom is 0.339 e. The van der Waals surface area contributed by atoms with Gasteiger partial charge in [-0.3, -0.25) is 0 Å². The molecule has 0 saturated heterocycles. The van der Waals surface area contributed by atoms with E-state index in [-0.39, 0.29) is 11.3 Å². The summed E-state index contributed by atoms with van der Waals surface area (Å²) >= 11 is 0. The smallest absolute Gasteiger partial charge is 0.339 e. The lowest BCUT2D eigenvalue weighted by molar-refractivity contribution is 0.0693. The van der Waals surface area contributed by atoms with Crippen LogP contribution in [-0.4, -0.2) is 16.2 Å². The van der Waals surface area contributed by atoms with Gasteiger partial charge in [-0.15, -0.1) is 0 Å². The van der Waals surface area contributed by atoms with Gasteiger partial charge in [0.05, 0.1) is 0 Å². The molecule has 0 fully saturated rings. The number of carbonyl (C=O) groups is 1. The molecule has 3 nitrogen and oxygen atoms in total. The lowest BCUT2D eigenvalue weighted by Gasteiger charge is -2.10. The van der Waals surface area contributed by atoms with Crippen LogP contribution in [0.2, 0.25) is 0 Å². The number of carboxylic acids is 1. The molecule has 14 heavy (non-hydrogen) atoms. The van der Waals surface area contributed by atoms with Crippen molar-refractivity contribution in [2.45, 2.75) is 26.2 Å². The fraction of sp³-hybridized carbons (Fsp3) is 0.364. The van der Waals surface area contributed by atoms with Crippen LogP contribution in [0, 0.1) is 0 Å². The van der Waals surface area contributed by atoms with E-state index < -0.39 is 5.97 Å². The molecule has 0 radical (unpaired) electrons. The lowest BCUT2D eigenvalue weighted by atomic mass is 9.96. The van der Waals surface area contributed by atoms with E-state index in [1.54, 1.807) is 6.07 Å². The zero-order valence-electron chi connectivity index (χ0n) is 8.32. The number of aromatic carboxylic acids is 1. The Hall–Kier alpha value is -1.51. The predicted molar refractivity (Wildman–Crippen MR) is 53.8 cm³/mol. The van der Waals surface area contributed by atoms with E-state index in [1.165, 1.54) is 12.1 Å². The third kappa shape index (κ3) is 2.05. The fourth-order valence-corrected chi connectivity index (χ4v) is 1.27. The second-order valence-electron chi connectivity index (χ2n) is 3.39. The van der Waals surface area contributed by atoms with Crippen molar-refractivity contribution in [1.82, 2.24) is 0 Å². The molecule has 0 bridgehead atoms. The fourth-order valence-electron chi connectivity index (χ4n) is 1.27. The number of phenols is 1. The van der Waals surface area contributed by atoms with Gasteiger partial charge in [-0.1, -0.05) is 19.9 Å². The first-order valence-corrected chi connectivity index (χ1v) is 4.62. The molecular formula is C11H14O3. The molecule has 1 aromatic carbocycles. The highest BCUT2D eigenvalue weighted by Gasteiger charge is 2.12. The Morgan fingerprint density at radius 2 is 2.14 bits per heavy atom. The van der Waals surface area contributed by atoms with Crippen molar-refractivity contribution in [3.8, 4) is 5.75 Å². The molecule has 1 aromatic rings. The van der Waals surface area contributed by atoms with Crippen LogP contribution >= 0.6 is 0 Å². The minimum atomic E-state index is -1.09. The van der Waals surface area contributed by atoms with Crippen LogP contribution in [0.5, 0.6) is 5.75 Å². The SMILES string of the molecule is CC[C@@H](C)c1ccc(O)c(C(=O)O)c1. The third-order valence-corrected chi connectivity index (χ3v) is 2.43. The summed E-state index contributed by atoms with van der Waals surface area (Å²) < 4.78 is 0. The summed E-state index contributed by atoms with van der Waals surface area (Å²) in [5.41, 5.74) is 0.922. The van der Waals surface area contributed by atoms with E-state index in [4.69, 9.17) is 5.11 Å². The standard InChI is InChI=1S/C11H14O3/c1-3-7(2)8-4-5-10(12)9(6-8)11(13)14/h4-7,12H,3H2,1-2H3,(H,13,14)/t7-/m1/s1. The summed E-state index contributed by atoms with van der Waals surface area (Å²) in [7, 11) is 0. The molecule has 3 heteroatoms. The Labute approximate surface area is 83.0 Å². The molecule has 0 unspecified atom stereocenters. The van der Waals surface area contributed by atoms with Gasteiger partial charge >= 0.3 is 5.97 Å². The van der Waals surface area contributed by atoms with Crippen molar-refractivity contribution in [2.24, 2.45) is 0 Å². The second kappa shape index (κ2) is 4.13. The summed E-state index contributed by atoms with van der Waals surface area (Å²) in [4.78, 5) is 10.7. The van der Waals surface area contributed by atoms with Gasteiger partial charge in [0.25, 0.3) is 0 Å². The molecule has 0 amide bonds. The molecular weight excluding hydrogens is 180 g/mol. The van der Waals surface area contributed by atoms with E-state index in [2.05, 4.69) is 0 Å². The topological polar surface area (TPSA) is 57.5 Å². The minimum absolute atomic E-state index is 0.0252. The van der Waals surface area contributed by atoms with Gasteiger partial charge in [0.15, 0.2) is 0 Å². The molecule has 0 aliphatic rings. The number of carboxylic acid groups (broad SMARTS) is 1. The summed E-state index contributed by atoms with van der Waals surface area (Å²) in [6.45, 7) is 4.07. The van der Waals surface area contributed by atoms with Crippen LogP contribution in [0.15, 0.2) is 18.2 Å². The summed E-state index contributed by atoms with van der Waals surface area (Å²) in [6.07, 6.45) is 0.948. The summed E-state index contributed by atoms with van der Waals surface area (Å²) in [5.74, 6) is -0.953. The van der Waals surface area contributed by atoms with Gasteiger partial charge in [-0.05, 0) is 30.0 Å². The maximum absolute atomic E-state index is 10.7. The van der Waals surface area contributed by atoms with Crippen molar-refractivity contribution >= 4 is 5.97 Å². The molecule has 0 spiro atoms. The van der Waals surface area contributed by atoms with Crippen LogP contribution in [0.25, 0.3) is 0 Å². The molecule has 0 aliphatic carbocycles. The lowest BCUT2D eigenvalue weighted by Crippen LogP contribution is -2.00. The van der Waals surface area contributed by atoms with Crippen molar-refractivity contribution in [2.75, 3.05) is 0 Å². The highest BCUT2D eigenvalue weighted by molar-refractivity contribution is 5.90. The van der Waals surface area contributed by atoms with E-state index in [9.17, 15) is 9.90 Å². The number of hydrogen-bond donors (Lipinski definition) is 2. The van der Waals surface area contributed by atoms with Crippen molar-refractivity contribution in [3.05, 3.63) is 29.3 Å². The molecule has 2 N–H and O–H groups in total. The van der Waals surface area contributed by atoms with Gasteiger partial charge in [0.1, 0.15) is 11.3 Å². The largest absolute Gasteiger partial charge is 0.507 e. The zero-order chi connectivity index (χ0) is 10.7. The van der Waals surface area contributed by atoms with Crippen molar-refractivity contribution < 1.29 is 15.0 Å². The van der Waals surface area contributed by atoms with Crippen LogP contribution in [-0.2, 0) is 0 Å². The molecule has 0 saturated carbocycles. The van der Waals surface area contributed by atoms with Gasteiger partial charge in [-0.2, -0.15) is 0 Å². The van der Waals surface area contributed by atoms with E-state index in [1.807, 2.05) is 13.8 Å². The van der Waals surface area contributed by atoms with Gasteiger partial charge < -0.3 is 10.2 Å². The first-order valence-electron chi connectivity index (χ1n) is 4.62. The molecule has 1 rings (SSSR count). The van der Waals surface area contributed by atoms with Crippen molar-refractivity contribution in [1.29, 1.82) is 0 Å². The number of benzene rings is 1. The zero-order valence-corrected chi connectivity index (χ0v) is 8.32. The summed E-state index contributed by atoms with van der Waals surface area (Å²) in [6, 6.07) is 4.73. The van der Waals surface area contributed by atoms with E-state index >= 15 is 0 Å². The number of aromatic hydroxyl groups is 1. The quantitative estimate of drug-likeness (QED) is 0.777. The average Bonchev–Trinajstić information content (AvgIpc) is 2.17. The molecule has 0 heterocycles. The maximum atomic E-state index is 10.7. The summed E-state index contributed by atoms with van der Waals surface area (Å²) in [5, 5.41) is 18.1. The molecule has 1 atom stereocenters. The Morgan fingerprint density at radius 1 is 1.50 bits per heavy atom. The Kier molecular flexibility index (Phi) is 3.12. The molecule has 0 aliphatic heterocycles. The first-order chi connectivity index (χ1) is 6.56. The highest BCUT2D eigenvalue weighted by atomic mass is 16.4. The first kappa shape index (κ1) is 10.6. The van der Waals surface area contributed by atoms with Crippen LogP contribution in [0.1, 0.15) is 42.1 Å². The average molecular weight is 194 g/mol. The van der Waals surface area contributed by atoms with E-state index in [0.29, 0.717) is 5.92 Å². The van der Waals surface area contributed by atoms with Crippen LogP contribution < -0.4 is 0 Å². The third-order valence-electron chi connectivity index (χ3n) is 2.43. The van der Waals surface area contributed by atoms with Crippen LogP contribution in [0.4, 0.5) is 0 Å². The van der Waals surface area contributed by atoms with Crippen molar-refractivity contribution in [3.63, 3.8) is 0 Å². The van der Waals surface area contributed by atoms with Gasteiger partial charge in [0, 0.05) is 0 Å². The molecule has 0 aromatic heterocycles. The Bertz CT molecular complexity index is 344. The van der Waals surface area contributed by atoms with Gasteiger partial charge in [-0.25, -0.2) is 4.79 Å². The highest BCUT2D eigenvalue weighted by Crippen LogP contribution is 2.24. The second-order valence-corrected chi connectivity index (χ2v) is 3.39. The Morgan fingerprint density at radius 3 is 2.64 bits per heavy atom. The van der Waals surface area contributed by atoms with Gasteiger partial charge in [0.2, 0.25) is 0 Å². The van der Waals surface area contributed by atoms with E-state index in [0.717, 1.165) is 12.0 Å². The van der Waals surface area contributed by atoms with Crippen LogP contribution in [0.3, 0.4) is 0 Å². The minimum Gasteiger partial charge on any atom is -0.507 e.